The molecule has 3 aromatic rings. The molecule has 4 rings (SSSR count). The van der Waals surface area contributed by atoms with Crippen LogP contribution in [0, 0.1) is 0 Å². The number of carbonyl (C=O) groups is 1. The Balaban J connectivity index is 1.40. The van der Waals surface area contributed by atoms with Crippen LogP contribution in [0.4, 0.5) is 5.82 Å². The fourth-order valence-electron chi connectivity index (χ4n) is 4.23. The van der Waals surface area contributed by atoms with Crippen molar-refractivity contribution in [3.63, 3.8) is 0 Å². The SMILES string of the molecule is COc1cnc2[nH]cc(-c3cc(Cl)nc(NC4CCC(NC(=O)CNC(C)C)CC4)c3)c2c1. The average molecular weight is 471 g/mol. The Morgan fingerprint density at radius 2 is 1.97 bits per heavy atom. The number of methoxy groups -OCH3 is 1. The van der Waals surface area contributed by atoms with Gasteiger partial charge in [0.15, 0.2) is 0 Å². The predicted molar refractivity (Wildman–Crippen MR) is 132 cm³/mol. The van der Waals surface area contributed by atoms with E-state index >= 15 is 0 Å². The van der Waals surface area contributed by atoms with Crippen LogP contribution in [-0.2, 0) is 4.79 Å². The molecule has 1 aliphatic carbocycles. The van der Waals surface area contributed by atoms with Gasteiger partial charge in [-0.1, -0.05) is 25.4 Å². The summed E-state index contributed by atoms with van der Waals surface area (Å²) in [5.74, 6) is 1.51. The maximum absolute atomic E-state index is 12.1. The zero-order chi connectivity index (χ0) is 23.4. The number of anilines is 1. The largest absolute Gasteiger partial charge is 0.495 e. The number of halogens is 1. The van der Waals surface area contributed by atoms with E-state index in [2.05, 4.69) is 30.9 Å². The molecular weight excluding hydrogens is 440 g/mol. The van der Waals surface area contributed by atoms with Crippen molar-refractivity contribution >= 4 is 34.4 Å². The summed E-state index contributed by atoms with van der Waals surface area (Å²) in [4.78, 5) is 24.2. The Morgan fingerprint density at radius 3 is 2.70 bits per heavy atom. The van der Waals surface area contributed by atoms with Crippen LogP contribution in [0.2, 0.25) is 5.15 Å². The van der Waals surface area contributed by atoms with Crippen LogP contribution in [0.1, 0.15) is 39.5 Å². The molecule has 176 valence electrons. The van der Waals surface area contributed by atoms with Gasteiger partial charge in [0.05, 0.1) is 19.9 Å². The van der Waals surface area contributed by atoms with Crippen LogP contribution >= 0.6 is 11.6 Å². The molecule has 9 heteroatoms. The number of carbonyl (C=O) groups excluding carboxylic acids is 1. The van der Waals surface area contributed by atoms with Gasteiger partial charge in [-0.3, -0.25) is 4.79 Å². The quantitative estimate of drug-likeness (QED) is 0.369. The number of rotatable bonds is 8. The van der Waals surface area contributed by atoms with Crippen LogP contribution in [0.25, 0.3) is 22.2 Å². The van der Waals surface area contributed by atoms with Crippen LogP contribution in [-0.4, -0.2) is 52.6 Å². The van der Waals surface area contributed by atoms with Gasteiger partial charge in [0, 0.05) is 35.3 Å². The smallest absolute Gasteiger partial charge is 0.234 e. The van der Waals surface area contributed by atoms with Gasteiger partial charge in [-0.15, -0.1) is 0 Å². The standard InChI is InChI=1S/C24H31ClN6O2/c1-14(2)26-13-23(32)30-17-6-4-16(5-7-17)29-22-9-15(8-21(25)31-22)20-12-28-24-19(20)10-18(33-3)11-27-24/h8-12,14,16-17,26H,4-7,13H2,1-3H3,(H,27,28)(H,29,31)(H,30,32). The third-order valence-electron chi connectivity index (χ3n) is 5.96. The molecule has 0 unspecified atom stereocenters. The fourth-order valence-corrected chi connectivity index (χ4v) is 4.44. The van der Waals surface area contributed by atoms with E-state index in [1.807, 2.05) is 38.2 Å². The highest BCUT2D eigenvalue weighted by atomic mass is 35.5. The molecule has 1 amide bonds. The number of amides is 1. The number of aromatic amines is 1. The highest BCUT2D eigenvalue weighted by molar-refractivity contribution is 6.29. The van der Waals surface area contributed by atoms with Crippen LogP contribution in [0.5, 0.6) is 5.75 Å². The minimum absolute atomic E-state index is 0.0612. The van der Waals surface area contributed by atoms with Crippen molar-refractivity contribution in [1.29, 1.82) is 0 Å². The minimum Gasteiger partial charge on any atom is -0.495 e. The molecule has 0 aliphatic heterocycles. The number of nitrogens with one attached hydrogen (secondary N) is 4. The number of hydrogen-bond acceptors (Lipinski definition) is 6. The fraction of sp³-hybridized carbons (Fsp3) is 0.458. The van der Waals surface area contributed by atoms with Gasteiger partial charge >= 0.3 is 0 Å². The maximum atomic E-state index is 12.1. The first-order chi connectivity index (χ1) is 15.9. The first kappa shape index (κ1) is 23.3. The van der Waals surface area contributed by atoms with Crippen molar-refractivity contribution in [1.82, 2.24) is 25.6 Å². The van der Waals surface area contributed by atoms with Crippen LogP contribution in [0.15, 0.2) is 30.6 Å². The molecule has 1 fully saturated rings. The molecule has 0 spiro atoms. The highest BCUT2D eigenvalue weighted by Crippen LogP contribution is 2.33. The van der Waals surface area contributed by atoms with Crippen LogP contribution in [0.3, 0.4) is 0 Å². The average Bonchev–Trinajstić information content (AvgIpc) is 3.22. The topological polar surface area (TPSA) is 104 Å². The van der Waals surface area contributed by atoms with E-state index < -0.39 is 0 Å². The third-order valence-corrected chi connectivity index (χ3v) is 6.16. The summed E-state index contributed by atoms with van der Waals surface area (Å²) in [6.45, 7) is 4.43. The normalized spacial score (nSPS) is 18.5. The van der Waals surface area contributed by atoms with E-state index in [0.29, 0.717) is 23.5 Å². The summed E-state index contributed by atoms with van der Waals surface area (Å²) >= 11 is 6.37. The van der Waals surface area contributed by atoms with Crippen LogP contribution < -0.4 is 20.7 Å². The van der Waals surface area contributed by atoms with Gasteiger partial charge in [-0.05, 0) is 49.4 Å². The number of hydrogen-bond donors (Lipinski definition) is 4. The van der Waals surface area contributed by atoms with Gasteiger partial charge in [-0.25, -0.2) is 9.97 Å². The predicted octanol–water partition coefficient (Wildman–Crippen LogP) is 4.12. The second-order valence-corrected chi connectivity index (χ2v) is 9.22. The Kier molecular flexibility index (Phi) is 7.35. The zero-order valence-electron chi connectivity index (χ0n) is 19.2. The molecule has 0 saturated heterocycles. The lowest BCUT2D eigenvalue weighted by atomic mass is 9.91. The second-order valence-electron chi connectivity index (χ2n) is 8.83. The molecule has 1 saturated carbocycles. The van der Waals surface area contributed by atoms with Gasteiger partial charge in [0.25, 0.3) is 0 Å². The van der Waals surface area contributed by atoms with Crippen molar-refractivity contribution < 1.29 is 9.53 Å². The number of nitrogens with zero attached hydrogens (tertiary/aromatic N) is 2. The molecule has 0 radical (unpaired) electrons. The van der Waals surface area contributed by atoms with E-state index in [9.17, 15) is 4.79 Å². The summed E-state index contributed by atoms with van der Waals surface area (Å²) in [5.41, 5.74) is 2.74. The molecule has 4 N–H and O–H groups in total. The Labute approximate surface area is 198 Å². The molecule has 8 nitrogen and oxygen atoms in total. The number of H-pyrrole nitrogens is 1. The van der Waals surface area contributed by atoms with E-state index in [1.54, 1.807) is 13.3 Å². The van der Waals surface area contributed by atoms with Crippen molar-refractivity contribution in [3.05, 3.63) is 35.7 Å². The Morgan fingerprint density at radius 1 is 1.21 bits per heavy atom. The lowest BCUT2D eigenvalue weighted by molar-refractivity contribution is -0.121. The molecule has 0 bridgehead atoms. The van der Waals surface area contributed by atoms with Crippen molar-refractivity contribution in [3.8, 4) is 16.9 Å². The summed E-state index contributed by atoms with van der Waals surface area (Å²) < 4.78 is 5.33. The minimum atomic E-state index is 0.0612. The highest BCUT2D eigenvalue weighted by Gasteiger charge is 2.23. The molecule has 1 aliphatic rings. The first-order valence-corrected chi connectivity index (χ1v) is 11.8. The maximum Gasteiger partial charge on any atom is 0.234 e. The van der Waals surface area contributed by atoms with Gasteiger partial charge in [0.1, 0.15) is 22.4 Å². The second kappa shape index (κ2) is 10.4. The molecular formula is C24H31ClN6O2. The lowest BCUT2D eigenvalue weighted by Crippen LogP contribution is -2.44. The molecule has 33 heavy (non-hydrogen) atoms. The van der Waals surface area contributed by atoms with Crippen molar-refractivity contribution in [2.75, 3.05) is 19.0 Å². The number of fused-ring (bicyclic) bond motifs is 1. The van der Waals surface area contributed by atoms with E-state index in [4.69, 9.17) is 16.3 Å². The Bertz CT molecular complexity index is 1110. The molecule has 3 aromatic heterocycles. The van der Waals surface area contributed by atoms with Crippen molar-refractivity contribution in [2.45, 2.75) is 57.7 Å². The number of ether oxygens (including phenoxy) is 1. The van der Waals surface area contributed by atoms with Gasteiger partial charge in [0.2, 0.25) is 5.91 Å². The molecule has 0 atom stereocenters. The Hall–Kier alpha value is -2.84. The van der Waals surface area contributed by atoms with Gasteiger partial charge < -0.3 is 25.7 Å². The van der Waals surface area contributed by atoms with E-state index in [1.165, 1.54) is 0 Å². The molecule has 0 aromatic carbocycles. The first-order valence-electron chi connectivity index (χ1n) is 11.4. The summed E-state index contributed by atoms with van der Waals surface area (Å²) in [6, 6.07) is 6.64. The molecule has 3 heterocycles. The zero-order valence-corrected chi connectivity index (χ0v) is 20.0. The van der Waals surface area contributed by atoms with E-state index in [0.717, 1.165) is 53.7 Å². The lowest BCUT2D eigenvalue weighted by Gasteiger charge is -2.30. The number of aromatic nitrogens is 3. The van der Waals surface area contributed by atoms with Gasteiger partial charge in [-0.2, -0.15) is 0 Å². The monoisotopic (exact) mass is 470 g/mol. The van der Waals surface area contributed by atoms with E-state index in [-0.39, 0.29) is 18.0 Å². The van der Waals surface area contributed by atoms with Crippen molar-refractivity contribution in [2.24, 2.45) is 0 Å². The summed E-state index contributed by atoms with van der Waals surface area (Å²) in [6.07, 6.45) is 7.41. The summed E-state index contributed by atoms with van der Waals surface area (Å²) in [5, 5.41) is 11.2. The summed E-state index contributed by atoms with van der Waals surface area (Å²) in [7, 11) is 1.63. The third kappa shape index (κ3) is 5.94. The number of pyridine rings is 2.